The van der Waals surface area contributed by atoms with E-state index >= 15 is 0 Å². The lowest BCUT2D eigenvalue weighted by atomic mass is 10.1. The molecule has 0 spiro atoms. The lowest BCUT2D eigenvalue weighted by Crippen LogP contribution is -2.46. The van der Waals surface area contributed by atoms with Crippen LogP contribution >= 0.6 is 0 Å². The molecule has 0 aliphatic carbocycles. The third kappa shape index (κ3) is 4.54. The Bertz CT molecular complexity index is 1120. The van der Waals surface area contributed by atoms with E-state index in [1.807, 2.05) is 6.07 Å². The molecule has 4 rings (SSSR count). The first-order chi connectivity index (χ1) is 14.6. The van der Waals surface area contributed by atoms with Gasteiger partial charge in [0.2, 0.25) is 0 Å². The second kappa shape index (κ2) is 9.13. The number of hydrogen-bond acceptors (Lipinski definition) is 6. The molecule has 1 aromatic heterocycles. The molecule has 8 nitrogen and oxygen atoms in total. The largest absolute Gasteiger partial charge is 0.497 e. The highest BCUT2D eigenvalue weighted by Gasteiger charge is 2.18. The molecule has 0 amide bonds. The summed E-state index contributed by atoms with van der Waals surface area (Å²) in [5, 5.41) is 6.32. The van der Waals surface area contributed by atoms with Crippen molar-refractivity contribution in [2.24, 2.45) is 0 Å². The zero-order valence-electron chi connectivity index (χ0n) is 17.2. The van der Waals surface area contributed by atoms with Gasteiger partial charge in [0, 0.05) is 43.8 Å². The van der Waals surface area contributed by atoms with E-state index in [1.54, 1.807) is 7.11 Å². The van der Waals surface area contributed by atoms with Crippen LogP contribution in [0.4, 0.5) is 5.69 Å². The molecule has 0 bridgehead atoms. The Morgan fingerprint density at radius 2 is 1.83 bits per heavy atom. The molecule has 1 saturated heterocycles. The molecular formula is C22H27N5O3. The van der Waals surface area contributed by atoms with Crippen LogP contribution in [-0.2, 0) is 6.54 Å². The Balaban J connectivity index is 1.29. The third-order valence-electron chi connectivity index (χ3n) is 5.65. The van der Waals surface area contributed by atoms with Crippen LogP contribution in [0.25, 0.3) is 10.8 Å². The van der Waals surface area contributed by atoms with Crippen molar-refractivity contribution in [3.8, 4) is 5.75 Å². The van der Waals surface area contributed by atoms with Gasteiger partial charge < -0.3 is 9.64 Å². The topological polar surface area (TPSA) is 83.5 Å². The summed E-state index contributed by atoms with van der Waals surface area (Å²) in [6, 6.07) is 12.7. The van der Waals surface area contributed by atoms with E-state index in [9.17, 15) is 9.59 Å². The maximum atomic E-state index is 11.7. The lowest BCUT2D eigenvalue weighted by Gasteiger charge is -2.36. The van der Waals surface area contributed by atoms with Gasteiger partial charge in [-0.05, 0) is 43.0 Å². The fourth-order valence-corrected chi connectivity index (χ4v) is 3.98. The van der Waals surface area contributed by atoms with Crippen molar-refractivity contribution in [3.63, 3.8) is 0 Å². The quantitative estimate of drug-likeness (QED) is 0.598. The number of nitrogens with one attached hydrogen (secondary N) is 1. The lowest BCUT2D eigenvalue weighted by molar-refractivity contribution is 0.250. The molecule has 1 N–H and O–H groups in total. The van der Waals surface area contributed by atoms with Crippen LogP contribution in [0.1, 0.15) is 12.8 Å². The summed E-state index contributed by atoms with van der Waals surface area (Å²) < 4.78 is 6.73. The fraction of sp³-hybridized carbons (Fsp3) is 0.409. The maximum Gasteiger partial charge on any atom is 0.344 e. The molecule has 0 atom stereocenters. The van der Waals surface area contributed by atoms with Crippen molar-refractivity contribution < 1.29 is 4.74 Å². The second-order valence-corrected chi connectivity index (χ2v) is 7.56. The van der Waals surface area contributed by atoms with Gasteiger partial charge in [-0.2, -0.15) is 5.10 Å². The number of rotatable bonds is 7. The Morgan fingerprint density at radius 3 is 2.60 bits per heavy atom. The minimum atomic E-state index is -0.459. The van der Waals surface area contributed by atoms with Crippen molar-refractivity contribution in [3.05, 3.63) is 63.4 Å². The van der Waals surface area contributed by atoms with Gasteiger partial charge in [-0.15, -0.1) is 0 Å². The molecule has 1 aliphatic heterocycles. The molecule has 2 aromatic carbocycles. The first kappa shape index (κ1) is 20.2. The van der Waals surface area contributed by atoms with E-state index in [0.717, 1.165) is 57.5 Å². The highest BCUT2D eigenvalue weighted by Crippen LogP contribution is 2.30. The monoisotopic (exact) mass is 409 g/mol. The second-order valence-electron chi connectivity index (χ2n) is 7.56. The van der Waals surface area contributed by atoms with E-state index in [0.29, 0.717) is 6.54 Å². The molecule has 2 heterocycles. The van der Waals surface area contributed by atoms with E-state index in [2.05, 4.69) is 50.2 Å². The Kier molecular flexibility index (Phi) is 6.13. The van der Waals surface area contributed by atoms with E-state index in [1.165, 1.54) is 21.1 Å². The number of methoxy groups -OCH3 is 1. The summed E-state index contributed by atoms with van der Waals surface area (Å²) in [5.41, 5.74) is 0.358. The predicted molar refractivity (Wildman–Crippen MR) is 118 cm³/mol. The number of piperazine rings is 1. The van der Waals surface area contributed by atoms with Gasteiger partial charge in [-0.25, -0.2) is 9.48 Å². The van der Waals surface area contributed by atoms with Crippen LogP contribution in [-0.4, -0.2) is 59.5 Å². The van der Waals surface area contributed by atoms with Gasteiger partial charge in [0.25, 0.3) is 5.56 Å². The highest BCUT2D eigenvalue weighted by molar-refractivity contribution is 5.95. The smallest absolute Gasteiger partial charge is 0.344 e. The van der Waals surface area contributed by atoms with Gasteiger partial charge in [0.15, 0.2) is 0 Å². The first-order valence-corrected chi connectivity index (χ1v) is 10.3. The molecule has 0 saturated carbocycles. The summed E-state index contributed by atoms with van der Waals surface area (Å²) >= 11 is 0. The maximum absolute atomic E-state index is 11.7. The molecule has 158 valence electrons. The fourth-order valence-electron chi connectivity index (χ4n) is 3.98. The van der Waals surface area contributed by atoms with Gasteiger partial charge in [-0.3, -0.25) is 14.7 Å². The molecule has 0 unspecified atom stereocenters. The average Bonchev–Trinajstić information content (AvgIpc) is 2.77. The van der Waals surface area contributed by atoms with Crippen molar-refractivity contribution >= 4 is 16.5 Å². The standard InChI is InChI=1S/C22H27N5O3/c1-30-18-8-7-17-5-4-6-20(19(17)15-18)26-13-11-25(12-14-26)9-2-3-10-27-22(29)24-21(28)16-23-27/h4-8,15-16H,2-3,9-14H2,1H3,(H,24,28,29). The van der Waals surface area contributed by atoms with Crippen molar-refractivity contribution in [2.45, 2.75) is 19.4 Å². The first-order valence-electron chi connectivity index (χ1n) is 10.3. The molecule has 1 aliphatic rings. The number of aryl methyl sites for hydroxylation is 1. The number of aromatic amines is 1. The zero-order valence-corrected chi connectivity index (χ0v) is 17.2. The van der Waals surface area contributed by atoms with Crippen molar-refractivity contribution in [2.75, 3.05) is 44.7 Å². The molecule has 0 radical (unpaired) electrons. The number of hydrogen-bond donors (Lipinski definition) is 1. The SMILES string of the molecule is COc1ccc2cccc(N3CCN(CCCCn4ncc(=O)[nH]c4=O)CC3)c2c1. The molecule has 3 aromatic rings. The summed E-state index contributed by atoms with van der Waals surface area (Å²) in [7, 11) is 1.70. The zero-order chi connectivity index (χ0) is 20.9. The molecular weight excluding hydrogens is 382 g/mol. The van der Waals surface area contributed by atoms with Gasteiger partial charge in [0.05, 0.1) is 7.11 Å². The number of H-pyrrole nitrogens is 1. The molecule has 8 heteroatoms. The minimum Gasteiger partial charge on any atom is -0.497 e. The van der Waals surface area contributed by atoms with E-state index in [4.69, 9.17) is 4.74 Å². The van der Waals surface area contributed by atoms with Crippen LogP contribution in [0.5, 0.6) is 5.75 Å². The number of nitrogens with zero attached hydrogens (tertiary/aromatic N) is 4. The number of ether oxygens (including phenoxy) is 1. The number of fused-ring (bicyclic) bond motifs is 1. The Morgan fingerprint density at radius 1 is 1.03 bits per heavy atom. The summed E-state index contributed by atoms with van der Waals surface area (Å²) in [6.45, 7) is 5.51. The van der Waals surface area contributed by atoms with Crippen LogP contribution in [0.2, 0.25) is 0 Å². The number of unbranched alkanes of at least 4 members (excludes halogenated alkanes) is 1. The van der Waals surface area contributed by atoms with Crippen LogP contribution in [0.3, 0.4) is 0 Å². The predicted octanol–water partition coefficient (Wildman–Crippen LogP) is 1.70. The van der Waals surface area contributed by atoms with Gasteiger partial charge in [0.1, 0.15) is 11.9 Å². The van der Waals surface area contributed by atoms with Crippen LogP contribution in [0, 0.1) is 0 Å². The van der Waals surface area contributed by atoms with E-state index < -0.39 is 11.2 Å². The highest BCUT2D eigenvalue weighted by atomic mass is 16.5. The molecule has 30 heavy (non-hydrogen) atoms. The number of benzene rings is 2. The Hall–Kier alpha value is -3.13. The van der Waals surface area contributed by atoms with Gasteiger partial charge >= 0.3 is 5.69 Å². The summed E-state index contributed by atoms with van der Waals surface area (Å²) in [4.78, 5) is 29.9. The van der Waals surface area contributed by atoms with Gasteiger partial charge in [-0.1, -0.05) is 18.2 Å². The third-order valence-corrected chi connectivity index (χ3v) is 5.65. The normalized spacial score (nSPS) is 14.9. The van der Waals surface area contributed by atoms with Crippen LogP contribution < -0.4 is 20.9 Å². The molecule has 1 fully saturated rings. The minimum absolute atomic E-state index is 0.442. The summed E-state index contributed by atoms with van der Waals surface area (Å²) in [6.07, 6.45) is 2.98. The average molecular weight is 409 g/mol. The van der Waals surface area contributed by atoms with Crippen LogP contribution in [0.15, 0.2) is 52.2 Å². The Labute approximate surface area is 174 Å². The van der Waals surface area contributed by atoms with Crippen molar-refractivity contribution in [1.29, 1.82) is 0 Å². The number of anilines is 1. The van der Waals surface area contributed by atoms with E-state index in [-0.39, 0.29) is 0 Å². The van der Waals surface area contributed by atoms with Crippen molar-refractivity contribution in [1.82, 2.24) is 19.7 Å². The summed E-state index contributed by atoms with van der Waals surface area (Å²) in [5.74, 6) is 0.879. The number of aromatic nitrogens is 3.